The van der Waals surface area contributed by atoms with E-state index < -0.39 is 22.0 Å². The molecule has 0 spiro atoms. The number of rotatable bonds is 8. The quantitative estimate of drug-likeness (QED) is 0.567. The summed E-state index contributed by atoms with van der Waals surface area (Å²) in [5.74, 6) is 1.19. The smallest absolute Gasteiger partial charge is 0.251 e. The number of nitrogens with one attached hydrogen (secondary N) is 1. The lowest BCUT2D eigenvalue weighted by atomic mass is 10.2. The number of morpholine rings is 1. The predicted molar refractivity (Wildman–Crippen MR) is 122 cm³/mol. The van der Waals surface area contributed by atoms with E-state index in [4.69, 9.17) is 18.9 Å². The van der Waals surface area contributed by atoms with Gasteiger partial charge in [-0.05, 0) is 44.2 Å². The minimum atomic E-state index is -3.77. The van der Waals surface area contributed by atoms with Crippen molar-refractivity contribution < 1.29 is 37.3 Å². The first kappa shape index (κ1) is 24.3. The second-order valence-corrected chi connectivity index (χ2v) is 10.2. The van der Waals surface area contributed by atoms with Crippen molar-refractivity contribution in [1.82, 2.24) is 9.62 Å². The van der Waals surface area contributed by atoms with Gasteiger partial charge in [-0.25, -0.2) is 8.42 Å². The number of hydrogen-bond acceptors (Lipinski definition) is 8. The van der Waals surface area contributed by atoms with Crippen LogP contribution in [0.1, 0.15) is 24.2 Å². The first-order valence-corrected chi connectivity index (χ1v) is 12.4. The summed E-state index contributed by atoms with van der Waals surface area (Å²) in [7, 11) is -3.77. The van der Waals surface area contributed by atoms with Crippen molar-refractivity contribution in [2.24, 2.45) is 0 Å². The van der Waals surface area contributed by atoms with Crippen molar-refractivity contribution in [3.8, 4) is 17.2 Å². The number of benzene rings is 2. The molecule has 0 bridgehead atoms. The van der Waals surface area contributed by atoms with E-state index >= 15 is 0 Å². The van der Waals surface area contributed by atoms with E-state index in [1.54, 1.807) is 18.2 Å². The number of carbonyl (C=O) groups excluding carboxylic acids is 1. The summed E-state index contributed by atoms with van der Waals surface area (Å²) in [4.78, 5) is 12.6. The maximum Gasteiger partial charge on any atom is 0.251 e. The van der Waals surface area contributed by atoms with Crippen molar-refractivity contribution in [3.63, 3.8) is 0 Å². The minimum Gasteiger partial charge on any atom is -0.491 e. The summed E-state index contributed by atoms with van der Waals surface area (Å²) in [6.07, 6.45) is -1.41. The molecule has 0 saturated carbocycles. The summed E-state index contributed by atoms with van der Waals surface area (Å²) in [5, 5.41) is 12.8. The van der Waals surface area contributed by atoms with Gasteiger partial charge in [0, 0.05) is 31.3 Å². The fourth-order valence-electron chi connectivity index (χ4n) is 3.80. The van der Waals surface area contributed by atoms with Gasteiger partial charge in [0.15, 0.2) is 11.5 Å². The average molecular weight is 493 g/mol. The van der Waals surface area contributed by atoms with Gasteiger partial charge in [-0.3, -0.25) is 4.79 Å². The molecule has 2 N–H and O–H groups in total. The summed E-state index contributed by atoms with van der Waals surface area (Å²) < 4.78 is 49.2. The Labute approximate surface area is 198 Å². The molecule has 2 aliphatic heterocycles. The van der Waals surface area contributed by atoms with Gasteiger partial charge in [-0.15, -0.1) is 0 Å². The highest BCUT2D eigenvalue weighted by atomic mass is 32.2. The molecule has 0 radical (unpaired) electrons. The number of fused-ring (bicyclic) bond motifs is 1. The Balaban J connectivity index is 1.32. The first-order chi connectivity index (χ1) is 16.2. The van der Waals surface area contributed by atoms with Crippen molar-refractivity contribution in [1.29, 1.82) is 0 Å². The molecule has 1 fully saturated rings. The molecule has 3 atom stereocenters. The summed E-state index contributed by atoms with van der Waals surface area (Å²) in [6, 6.07) is 10.9. The second kappa shape index (κ2) is 10.2. The Morgan fingerprint density at radius 1 is 1.15 bits per heavy atom. The maximum absolute atomic E-state index is 13.1. The zero-order valence-corrected chi connectivity index (χ0v) is 19.8. The van der Waals surface area contributed by atoms with Crippen LogP contribution in [0.2, 0.25) is 0 Å². The fraction of sp³-hybridized carbons (Fsp3) is 0.435. The van der Waals surface area contributed by atoms with E-state index in [9.17, 15) is 18.3 Å². The maximum atomic E-state index is 13.1. The Morgan fingerprint density at radius 2 is 1.88 bits per heavy atom. The fourth-order valence-corrected chi connectivity index (χ4v) is 5.44. The molecule has 0 aliphatic carbocycles. The van der Waals surface area contributed by atoms with E-state index in [-0.39, 0.29) is 55.7 Å². The van der Waals surface area contributed by atoms with Crippen molar-refractivity contribution in [2.75, 3.05) is 33.0 Å². The van der Waals surface area contributed by atoms with Crippen molar-refractivity contribution >= 4 is 15.9 Å². The zero-order chi connectivity index (χ0) is 24.3. The van der Waals surface area contributed by atoms with Crippen LogP contribution < -0.4 is 19.5 Å². The molecule has 2 heterocycles. The molecule has 2 aromatic rings. The van der Waals surface area contributed by atoms with Crippen molar-refractivity contribution in [2.45, 2.75) is 37.1 Å². The van der Waals surface area contributed by atoms with Crippen LogP contribution in [0.5, 0.6) is 17.2 Å². The third kappa shape index (κ3) is 5.61. The molecule has 184 valence electrons. The first-order valence-electron chi connectivity index (χ1n) is 11.0. The van der Waals surface area contributed by atoms with E-state index in [1.807, 2.05) is 13.8 Å². The predicted octanol–water partition coefficient (Wildman–Crippen LogP) is 1.38. The number of nitrogens with zero attached hydrogens (tertiary/aromatic N) is 1. The molecule has 4 rings (SSSR count). The van der Waals surface area contributed by atoms with Crippen LogP contribution >= 0.6 is 0 Å². The number of aliphatic hydroxyl groups is 1. The van der Waals surface area contributed by atoms with E-state index in [2.05, 4.69) is 5.32 Å². The lowest BCUT2D eigenvalue weighted by molar-refractivity contribution is -0.0440. The molecule has 3 unspecified atom stereocenters. The molecule has 1 amide bonds. The lowest BCUT2D eigenvalue weighted by Gasteiger charge is -2.34. The molecule has 10 nitrogen and oxygen atoms in total. The van der Waals surface area contributed by atoms with Gasteiger partial charge >= 0.3 is 0 Å². The summed E-state index contributed by atoms with van der Waals surface area (Å²) >= 11 is 0. The van der Waals surface area contributed by atoms with E-state index in [1.165, 1.54) is 28.6 Å². The third-order valence-electron chi connectivity index (χ3n) is 5.40. The lowest BCUT2D eigenvalue weighted by Crippen LogP contribution is -2.48. The van der Waals surface area contributed by atoms with Gasteiger partial charge in [0.25, 0.3) is 5.91 Å². The van der Waals surface area contributed by atoms with Gasteiger partial charge < -0.3 is 29.4 Å². The highest BCUT2D eigenvalue weighted by molar-refractivity contribution is 7.89. The molecular formula is C23H28N2O8S. The van der Waals surface area contributed by atoms with Crippen LogP contribution in [0.25, 0.3) is 0 Å². The van der Waals surface area contributed by atoms with Crippen LogP contribution in [-0.2, 0) is 14.8 Å². The Bertz CT molecular complexity index is 1130. The highest BCUT2D eigenvalue weighted by Gasteiger charge is 2.32. The number of hydrogen-bond donors (Lipinski definition) is 2. The Morgan fingerprint density at radius 3 is 2.65 bits per heavy atom. The zero-order valence-electron chi connectivity index (χ0n) is 19.0. The molecule has 2 aliphatic rings. The SMILES string of the molecule is CC1CN(S(=O)(=O)c2cccc(C(=O)NCC(O)COc3ccc4c(c3)OCO4)c2)CC(C)O1. The van der Waals surface area contributed by atoms with Crippen LogP contribution in [0, 0.1) is 0 Å². The largest absolute Gasteiger partial charge is 0.491 e. The van der Waals surface area contributed by atoms with Crippen LogP contribution in [0.15, 0.2) is 47.4 Å². The molecular weight excluding hydrogens is 464 g/mol. The molecule has 11 heteroatoms. The third-order valence-corrected chi connectivity index (χ3v) is 7.23. The number of amides is 1. The van der Waals surface area contributed by atoms with Gasteiger partial charge in [-0.1, -0.05) is 6.07 Å². The summed E-state index contributed by atoms with van der Waals surface area (Å²) in [6.45, 7) is 4.17. The second-order valence-electron chi connectivity index (χ2n) is 8.30. The van der Waals surface area contributed by atoms with Gasteiger partial charge in [-0.2, -0.15) is 4.31 Å². The van der Waals surface area contributed by atoms with E-state index in [0.29, 0.717) is 17.2 Å². The van der Waals surface area contributed by atoms with Crippen LogP contribution in [-0.4, -0.2) is 75.1 Å². The monoisotopic (exact) mass is 492 g/mol. The molecule has 2 aromatic carbocycles. The molecule has 0 aromatic heterocycles. The van der Waals surface area contributed by atoms with Gasteiger partial charge in [0.1, 0.15) is 18.5 Å². The normalized spacial score (nSPS) is 21.1. The van der Waals surface area contributed by atoms with Gasteiger partial charge in [0.2, 0.25) is 16.8 Å². The number of aliphatic hydroxyl groups excluding tert-OH is 1. The Kier molecular flexibility index (Phi) is 7.27. The van der Waals surface area contributed by atoms with Gasteiger partial charge in [0.05, 0.1) is 17.1 Å². The molecule has 1 saturated heterocycles. The van der Waals surface area contributed by atoms with Crippen molar-refractivity contribution in [3.05, 3.63) is 48.0 Å². The minimum absolute atomic E-state index is 0.0353. The number of carbonyl (C=O) groups is 1. The van der Waals surface area contributed by atoms with E-state index in [0.717, 1.165) is 0 Å². The number of ether oxygens (including phenoxy) is 4. The standard InChI is InChI=1S/C23H28N2O8S/c1-15-11-25(12-16(2)33-15)34(28,29)20-5-3-4-17(8-20)23(27)24-10-18(26)13-30-19-6-7-21-22(9-19)32-14-31-21/h3-9,15-16,18,26H,10-14H2,1-2H3,(H,24,27). The topological polar surface area (TPSA) is 124 Å². The number of sulfonamides is 1. The highest BCUT2D eigenvalue weighted by Crippen LogP contribution is 2.35. The van der Waals surface area contributed by atoms with Crippen LogP contribution in [0.4, 0.5) is 0 Å². The summed E-state index contributed by atoms with van der Waals surface area (Å²) in [5.41, 5.74) is 0.180. The Hall–Kier alpha value is -2.86. The van der Waals surface area contributed by atoms with Crippen LogP contribution in [0.3, 0.4) is 0 Å². The molecule has 34 heavy (non-hydrogen) atoms. The average Bonchev–Trinajstić information content (AvgIpc) is 3.28.